The van der Waals surface area contributed by atoms with E-state index in [1.165, 1.54) is 0 Å². The third kappa shape index (κ3) is 5.00. The molecule has 33 heavy (non-hydrogen) atoms. The first-order valence-corrected chi connectivity index (χ1v) is 11.9. The highest BCUT2D eigenvalue weighted by molar-refractivity contribution is 6.01. The van der Waals surface area contributed by atoms with Gasteiger partial charge in [-0.25, -0.2) is 0 Å². The van der Waals surface area contributed by atoms with E-state index in [9.17, 15) is 14.4 Å². The van der Waals surface area contributed by atoms with Crippen molar-refractivity contribution in [2.45, 2.75) is 64.1 Å². The number of fused-ring (bicyclic) bond motifs is 1. The fourth-order valence-electron chi connectivity index (χ4n) is 4.87. The monoisotopic (exact) mass is 451 g/mol. The number of anilines is 1. The average molecular weight is 452 g/mol. The van der Waals surface area contributed by atoms with Crippen molar-refractivity contribution in [2.24, 2.45) is 5.92 Å². The Balaban J connectivity index is 1.62. The Morgan fingerprint density at radius 2 is 1.97 bits per heavy atom. The SMILES string of the molecule is CN[C@@H](C)C(=O)N[C@H](C(=O)N1CCc2ccn(Cc3ccccn3)c(=O)c21)C1CCCCC1. The summed E-state index contributed by atoms with van der Waals surface area (Å²) in [5, 5.41) is 5.95. The molecule has 2 aliphatic rings. The van der Waals surface area contributed by atoms with Crippen LogP contribution in [-0.2, 0) is 22.6 Å². The molecule has 2 amide bonds. The number of hydrogen-bond acceptors (Lipinski definition) is 5. The number of carbonyl (C=O) groups excluding carboxylic acids is 2. The van der Waals surface area contributed by atoms with Gasteiger partial charge in [0.1, 0.15) is 11.7 Å². The van der Waals surface area contributed by atoms with E-state index in [-0.39, 0.29) is 23.3 Å². The molecule has 0 saturated heterocycles. The van der Waals surface area contributed by atoms with E-state index in [2.05, 4.69) is 15.6 Å². The second-order valence-corrected chi connectivity index (χ2v) is 9.08. The molecule has 4 rings (SSSR count). The summed E-state index contributed by atoms with van der Waals surface area (Å²) in [6, 6.07) is 6.50. The van der Waals surface area contributed by atoms with Gasteiger partial charge in [0.05, 0.1) is 18.3 Å². The van der Waals surface area contributed by atoms with Crippen molar-refractivity contribution < 1.29 is 9.59 Å². The predicted octanol–water partition coefficient (Wildman–Crippen LogP) is 1.85. The smallest absolute Gasteiger partial charge is 0.275 e. The molecule has 0 unspecified atom stereocenters. The van der Waals surface area contributed by atoms with Crippen LogP contribution < -0.4 is 21.1 Å². The summed E-state index contributed by atoms with van der Waals surface area (Å²) in [6.45, 7) is 2.58. The summed E-state index contributed by atoms with van der Waals surface area (Å²) >= 11 is 0. The Morgan fingerprint density at radius 1 is 1.18 bits per heavy atom. The van der Waals surface area contributed by atoms with Crippen LogP contribution in [0.1, 0.15) is 50.3 Å². The van der Waals surface area contributed by atoms with E-state index >= 15 is 0 Å². The lowest BCUT2D eigenvalue weighted by atomic mass is 9.83. The Labute approximate surface area is 194 Å². The van der Waals surface area contributed by atoms with Gasteiger partial charge in [-0.3, -0.25) is 19.4 Å². The van der Waals surface area contributed by atoms with Crippen molar-refractivity contribution in [2.75, 3.05) is 18.5 Å². The van der Waals surface area contributed by atoms with Crippen molar-refractivity contribution in [3.63, 3.8) is 0 Å². The second kappa shape index (κ2) is 10.3. The van der Waals surface area contributed by atoms with E-state index < -0.39 is 12.1 Å². The van der Waals surface area contributed by atoms with Crippen LogP contribution in [0.15, 0.2) is 41.5 Å². The molecule has 0 bridgehead atoms. The second-order valence-electron chi connectivity index (χ2n) is 9.08. The predicted molar refractivity (Wildman–Crippen MR) is 127 cm³/mol. The summed E-state index contributed by atoms with van der Waals surface area (Å²) < 4.78 is 1.60. The number of likely N-dealkylation sites (N-methyl/N-ethyl adjacent to an activating group) is 1. The molecular weight excluding hydrogens is 418 g/mol. The molecule has 1 aliphatic carbocycles. The van der Waals surface area contributed by atoms with Gasteiger partial charge < -0.3 is 20.1 Å². The minimum Gasteiger partial charge on any atom is -0.343 e. The zero-order chi connectivity index (χ0) is 23.4. The van der Waals surface area contributed by atoms with Crippen molar-refractivity contribution in [3.8, 4) is 0 Å². The molecule has 2 N–H and O–H groups in total. The fourth-order valence-corrected chi connectivity index (χ4v) is 4.87. The van der Waals surface area contributed by atoms with Gasteiger partial charge >= 0.3 is 0 Å². The molecule has 0 spiro atoms. The van der Waals surface area contributed by atoms with E-state index in [1.807, 2.05) is 24.3 Å². The first kappa shape index (κ1) is 23.2. The largest absolute Gasteiger partial charge is 0.343 e. The van der Waals surface area contributed by atoms with Crippen LogP contribution in [0.3, 0.4) is 0 Å². The molecule has 3 heterocycles. The molecule has 1 saturated carbocycles. The van der Waals surface area contributed by atoms with Crippen LogP contribution >= 0.6 is 0 Å². The topological polar surface area (TPSA) is 96.3 Å². The highest BCUT2D eigenvalue weighted by atomic mass is 16.2. The lowest BCUT2D eigenvalue weighted by Crippen LogP contribution is -2.56. The number of rotatable bonds is 7. The Bertz CT molecular complexity index is 1050. The molecule has 2 atom stereocenters. The highest BCUT2D eigenvalue weighted by Gasteiger charge is 2.38. The molecule has 176 valence electrons. The highest BCUT2D eigenvalue weighted by Crippen LogP contribution is 2.30. The molecule has 1 fully saturated rings. The molecule has 0 aromatic carbocycles. The first-order valence-electron chi connectivity index (χ1n) is 11.9. The third-order valence-corrected chi connectivity index (χ3v) is 6.93. The molecule has 2 aromatic heterocycles. The van der Waals surface area contributed by atoms with Gasteiger partial charge in [0.2, 0.25) is 11.8 Å². The number of aromatic nitrogens is 2. The van der Waals surface area contributed by atoms with Gasteiger partial charge in [0, 0.05) is 18.9 Å². The number of carbonyl (C=O) groups is 2. The van der Waals surface area contributed by atoms with Crippen LogP contribution in [0.2, 0.25) is 0 Å². The van der Waals surface area contributed by atoms with Gasteiger partial charge in [-0.1, -0.05) is 25.3 Å². The maximum absolute atomic E-state index is 13.8. The molecule has 0 radical (unpaired) electrons. The van der Waals surface area contributed by atoms with Crippen LogP contribution in [-0.4, -0.2) is 47.0 Å². The maximum Gasteiger partial charge on any atom is 0.275 e. The third-order valence-electron chi connectivity index (χ3n) is 6.93. The van der Waals surface area contributed by atoms with Crippen LogP contribution in [0.4, 0.5) is 5.69 Å². The van der Waals surface area contributed by atoms with E-state index in [1.54, 1.807) is 35.8 Å². The van der Waals surface area contributed by atoms with Crippen molar-refractivity contribution >= 4 is 17.5 Å². The Kier molecular flexibility index (Phi) is 7.23. The number of nitrogens with zero attached hydrogens (tertiary/aromatic N) is 3. The summed E-state index contributed by atoms with van der Waals surface area (Å²) in [7, 11) is 1.72. The first-order chi connectivity index (χ1) is 16.0. The minimum atomic E-state index is -0.622. The molecule has 2 aromatic rings. The van der Waals surface area contributed by atoms with E-state index in [0.29, 0.717) is 25.2 Å². The maximum atomic E-state index is 13.8. The number of hydrogen-bond donors (Lipinski definition) is 2. The fraction of sp³-hybridized carbons (Fsp3) is 0.520. The van der Waals surface area contributed by atoms with Crippen molar-refractivity contribution in [3.05, 3.63) is 58.3 Å². The summed E-state index contributed by atoms with van der Waals surface area (Å²) in [5.41, 5.74) is 1.91. The van der Waals surface area contributed by atoms with Crippen molar-refractivity contribution in [1.82, 2.24) is 20.2 Å². The van der Waals surface area contributed by atoms with E-state index in [4.69, 9.17) is 0 Å². The summed E-state index contributed by atoms with van der Waals surface area (Å²) in [5.74, 6) is -0.283. The normalized spacial score (nSPS) is 17.9. The molecule has 1 aliphatic heterocycles. The lowest BCUT2D eigenvalue weighted by molar-refractivity contribution is -0.130. The van der Waals surface area contributed by atoms with Gasteiger partial charge in [0.15, 0.2) is 0 Å². The molecule has 8 nitrogen and oxygen atoms in total. The summed E-state index contributed by atoms with van der Waals surface area (Å²) in [6.07, 6.45) is 9.20. The minimum absolute atomic E-state index is 0.0859. The number of pyridine rings is 2. The van der Waals surface area contributed by atoms with Crippen LogP contribution in [0.5, 0.6) is 0 Å². The number of amides is 2. The lowest BCUT2D eigenvalue weighted by Gasteiger charge is -2.33. The van der Waals surface area contributed by atoms with Gasteiger partial charge in [0.25, 0.3) is 5.56 Å². The van der Waals surface area contributed by atoms with Gasteiger partial charge in [-0.2, -0.15) is 0 Å². The van der Waals surface area contributed by atoms with E-state index in [0.717, 1.165) is 43.4 Å². The van der Waals surface area contributed by atoms with Crippen LogP contribution in [0.25, 0.3) is 0 Å². The van der Waals surface area contributed by atoms with Crippen molar-refractivity contribution in [1.29, 1.82) is 0 Å². The Morgan fingerprint density at radius 3 is 2.67 bits per heavy atom. The quantitative estimate of drug-likeness (QED) is 0.670. The Hall–Kier alpha value is -3.00. The average Bonchev–Trinajstić information content (AvgIpc) is 3.29. The van der Waals surface area contributed by atoms with Crippen LogP contribution in [0, 0.1) is 5.92 Å². The van der Waals surface area contributed by atoms with Gasteiger partial charge in [-0.15, -0.1) is 0 Å². The zero-order valence-corrected chi connectivity index (χ0v) is 19.4. The standard InChI is InChI=1S/C25H33N5O3/c1-17(26-2)23(31)28-21(18-8-4-3-5-9-18)24(32)30-15-12-19-11-14-29(25(33)22(19)30)16-20-10-6-7-13-27-20/h6-7,10-11,13-14,17-18,21,26H,3-5,8-9,12,15-16H2,1-2H3,(H,28,31)/t17-,21-/m0/s1. The molecular formula is C25H33N5O3. The molecule has 8 heteroatoms. The number of nitrogens with one attached hydrogen (secondary N) is 2. The van der Waals surface area contributed by atoms with Gasteiger partial charge in [-0.05, 0) is 62.9 Å². The zero-order valence-electron chi connectivity index (χ0n) is 19.4. The summed E-state index contributed by atoms with van der Waals surface area (Å²) in [4.78, 5) is 45.8.